The molecule has 1 saturated heterocycles. The number of rotatable bonds is 5. The van der Waals surface area contributed by atoms with Crippen LogP contribution in [0.25, 0.3) is 16.8 Å². The average molecular weight is 487 g/mol. The van der Waals surface area contributed by atoms with Crippen molar-refractivity contribution in [3.63, 3.8) is 0 Å². The number of ether oxygens (including phenoxy) is 3. The molecule has 9 nitrogen and oxygen atoms in total. The van der Waals surface area contributed by atoms with Crippen LogP contribution in [0, 0.1) is 5.92 Å². The summed E-state index contributed by atoms with van der Waals surface area (Å²) < 4.78 is 16.9. The van der Waals surface area contributed by atoms with Crippen LogP contribution < -0.4 is 9.47 Å². The molecule has 0 bridgehead atoms. The number of phenolic OH excluding ortho intramolecular Hbond substituents is 1. The second-order valence-corrected chi connectivity index (χ2v) is 9.53. The predicted octanol–water partition coefficient (Wildman–Crippen LogP) is 1.85. The molecule has 0 unspecified atom stereocenters. The normalized spacial score (nSPS) is 31.8. The van der Waals surface area contributed by atoms with Crippen LogP contribution >= 0.6 is 0 Å². The number of hydrogen-bond donors (Lipinski definition) is 5. The minimum Gasteiger partial charge on any atom is -0.506 e. The quantitative estimate of drug-likeness (QED) is 0.400. The van der Waals surface area contributed by atoms with Crippen LogP contribution in [0.1, 0.15) is 53.6 Å². The summed E-state index contributed by atoms with van der Waals surface area (Å²) in [6.07, 6.45) is -0.306. The van der Waals surface area contributed by atoms with Crippen molar-refractivity contribution in [1.82, 2.24) is 0 Å². The van der Waals surface area contributed by atoms with Crippen molar-refractivity contribution in [3.05, 3.63) is 34.9 Å². The van der Waals surface area contributed by atoms with E-state index in [1.807, 2.05) is 6.08 Å². The monoisotopic (exact) mass is 486 g/mol. The van der Waals surface area contributed by atoms with Gasteiger partial charge in [-0.15, -0.1) is 0 Å². The lowest BCUT2D eigenvalue weighted by atomic mass is 9.76. The lowest BCUT2D eigenvalue weighted by Gasteiger charge is -2.39. The second kappa shape index (κ2) is 9.07. The first-order valence-corrected chi connectivity index (χ1v) is 11.8. The molecule has 9 heteroatoms. The molecule has 2 aromatic rings. The van der Waals surface area contributed by atoms with Crippen molar-refractivity contribution in [2.75, 3.05) is 13.7 Å². The minimum atomic E-state index is -1.64. The van der Waals surface area contributed by atoms with Gasteiger partial charge in [0.2, 0.25) is 6.29 Å². The Morgan fingerprint density at radius 2 is 1.91 bits per heavy atom. The van der Waals surface area contributed by atoms with Crippen molar-refractivity contribution in [3.8, 4) is 17.2 Å². The van der Waals surface area contributed by atoms with Crippen LogP contribution in [-0.4, -0.2) is 75.7 Å². The molecule has 0 radical (unpaired) electrons. The van der Waals surface area contributed by atoms with Crippen LogP contribution in [0.5, 0.6) is 17.2 Å². The molecule has 35 heavy (non-hydrogen) atoms. The molecule has 0 amide bonds. The minimum absolute atomic E-state index is 0.0634. The number of aliphatic hydroxyl groups is 4. The maximum atomic E-state index is 12.8. The number of carbonyl (C=O) groups excluding carboxylic acids is 1. The molecule has 1 aliphatic heterocycles. The number of aliphatic hydroxyl groups excluding tert-OH is 4. The maximum absolute atomic E-state index is 12.8. The Balaban J connectivity index is 1.71. The van der Waals surface area contributed by atoms with Crippen LogP contribution in [0.15, 0.2) is 18.2 Å². The van der Waals surface area contributed by atoms with Gasteiger partial charge in [-0.3, -0.25) is 4.79 Å². The summed E-state index contributed by atoms with van der Waals surface area (Å²) in [6, 6.07) is 3.25. The van der Waals surface area contributed by atoms with Crippen molar-refractivity contribution < 1.29 is 44.5 Å². The summed E-state index contributed by atoms with van der Waals surface area (Å²) >= 11 is 0. The molecular formula is C26H30O9. The molecule has 188 valence electrons. The van der Waals surface area contributed by atoms with E-state index >= 15 is 0 Å². The summed E-state index contributed by atoms with van der Waals surface area (Å²) in [7, 11) is 1.48. The van der Waals surface area contributed by atoms with E-state index in [2.05, 4.69) is 6.08 Å². The van der Waals surface area contributed by atoms with E-state index in [1.54, 1.807) is 6.07 Å². The average Bonchev–Trinajstić information content (AvgIpc) is 3.33. The zero-order valence-electron chi connectivity index (χ0n) is 19.5. The first-order valence-electron chi connectivity index (χ1n) is 11.8. The first kappa shape index (κ1) is 24.0. The van der Waals surface area contributed by atoms with Gasteiger partial charge < -0.3 is 39.7 Å². The molecule has 0 aromatic heterocycles. The molecule has 2 aromatic carbocycles. The largest absolute Gasteiger partial charge is 0.506 e. The number of carbonyl (C=O) groups is 1. The Bertz CT molecular complexity index is 1190. The number of aromatic hydroxyl groups is 1. The van der Waals surface area contributed by atoms with Gasteiger partial charge in [-0.25, -0.2) is 0 Å². The summed E-state index contributed by atoms with van der Waals surface area (Å²) in [4.78, 5) is 12.8. The van der Waals surface area contributed by atoms with Crippen LogP contribution in [0.3, 0.4) is 0 Å². The fourth-order valence-electron chi connectivity index (χ4n) is 5.80. The topological polar surface area (TPSA) is 146 Å². The third-order valence-electron chi connectivity index (χ3n) is 7.53. The molecule has 5 rings (SSSR count). The van der Waals surface area contributed by atoms with Crippen molar-refractivity contribution in [1.29, 1.82) is 0 Å². The molecule has 5 N–H and O–H groups in total. The smallest absolute Gasteiger partial charge is 0.229 e. The second-order valence-electron chi connectivity index (χ2n) is 9.53. The van der Waals surface area contributed by atoms with Gasteiger partial charge in [-0.05, 0) is 48.8 Å². The highest BCUT2D eigenvalue weighted by Crippen LogP contribution is 2.53. The molecule has 1 heterocycles. The predicted molar refractivity (Wildman–Crippen MR) is 126 cm³/mol. The highest BCUT2D eigenvalue weighted by Gasteiger charge is 2.45. The highest BCUT2D eigenvalue weighted by atomic mass is 16.7. The number of Topliss-reactive ketones (excluding diaryl/α,β-unsaturated/α-hetero) is 1. The molecule has 3 aliphatic rings. The molecule has 0 spiro atoms. The van der Waals surface area contributed by atoms with Gasteiger partial charge in [0.1, 0.15) is 41.7 Å². The summed E-state index contributed by atoms with van der Waals surface area (Å²) in [6.45, 7) is 0.815. The van der Waals surface area contributed by atoms with Gasteiger partial charge in [0.25, 0.3) is 0 Å². The van der Waals surface area contributed by atoms with Gasteiger partial charge in [0.05, 0.1) is 24.7 Å². The Morgan fingerprint density at radius 1 is 1.14 bits per heavy atom. The maximum Gasteiger partial charge on any atom is 0.229 e. The molecule has 7 atom stereocenters. The van der Waals surface area contributed by atoms with Crippen molar-refractivity contribution in [2.24, 2.45) is 5.92 Å². The van der Waals surface area contributed by atoms with E-state index in [-0.39, 0.29) is 34.1 Å². The number of hydrogen-bond acceptors (Lipinski definition) is 9. The fraction of sp³-hybridized carbons (Fsp3) is 0.500. The molecule has 2 aliphatic carbocycles. The van der Waals surface area contributed by atoms with Crippen LogP contribution in [0.2, 0.25) is 0 Å². The summed E-state index contributed by atoms with van der Waals surface area (Å²) in [5.74, 6) is 0.424. The zero-order valence-corrected chi connectivity index (χ0v) is 19.5. The van der Waals surface area contributed by atoms with Gasteiger partial charge >= 0.3 is 0 Å². The number of methoxy groups -OCH3 is 1. The van der Waals surface area contributed by atoms with E-state index in [0.717, 1.165) is 30.4 Å². The number of phenols is 1. The number of allylic oxidation sites excluding steroid dienone is 1. The first-order chi connectivity index (χ1) is 16.8. The SMILES string of the molecule is COc1cc(O[C@H]2O[C@H](CO)[C@@H](O)[C@H](O)[C@H]2O)c2c(O)c(C(C)=O)c3c(c2c1)C=C[C@H]1CCC[C@@H]31. The van der Waals surface area contributed by atoms with E-state index in [0.29, 0.717) is 17.1 Å². The van der Waals surface area contributed by atoms with Crippen LogP contribution in [0.4, 0.5) is 0 Å². The molecular weight excluding hydrogens is 456 g/mol. The van der Waals surface area contributed by atoms with E-state index in [1.165, 1.54) is 20.1 Å². The van der Waals surface area contributed by atoms with Crippen molar-refractivity contribution in [2.45, 2.75) is 62.8 Å². The van der Waals surface area contributed by atoms with E-state index in [4.69, 9.17) is 14.2 Å². The van der Waals surface area contributed by atoms with E-state index < -0.39 is 37.3 Å². The summed E-state index contributed by atoms with van der Waals surface area (Å²) in [5, 5.41) is 52.6. The van der Waals surface area contributed by atoms with Gasteiger partial charge in [0, 0.05) is 11.5 Å². The molecule has 2 fully saturated rings. The van der Waals surface area contributed by atoms with Gasteiger partial charge in [0.15, 0.2) is 5.78 Å². The third-order valence-corrected chi connectivity index (χ3v) is 7.53. The van der Waals surface area contributed by atoms with Gasteiger partial charge in [-0.2, -0.15) is 0 Å². The highest BCUT2D eigenvalue weighted by molar-refractivity contribution is 6.11. The number of benzene rings is 2. The van der Waals surface area contributed by atoms with E-state index in [9.17, 15) is 30.3 Å². The Labute approximate surface area is 202 Å². The van der Waals surface area contributed by atoms with Crippen LogP contribution in [-0.2, 0) is 4.74 Å². The lowest BCUT2D eigenvalue weighted by Crippen LogP contribution is -2.60. The standard InChI is InChI=1S/C26H30O9/c1-11(28)19-20-14-5-3-4-12(14)6-7-15(20)16-8-13(33-2)9-17(21(16)23(19)30)34-26-25(32)24(31)22(29)18(10-27)35-26/h6-9,12,14,18,22,24-27,29-32H,3-5,10H2,1-2H3/t12-,14-,18-,22-,24+,25-,26+/m1/s1. The number of fused-ring (bicyclic) bond motifs is 5. The summed E-state index contributed by atoms with van der Waals surface area (Å²) in [5.41, 5.74) is 1.89. The lowest BCUT2D eigenvalue weighted by molar-refractivity contribution is -0.277. The Hall–Kier alpha value is -2.69. The zero-order chi connectivity index (χ0) is 25.0. The Kier molecular flexibility index (Phi) is 6.23. The third kappa shape index (κ3) is 3.78. The van der Waals surface area contributed by atoms with Gasteiger partial charge in [-0.1, -0.05) is 18.6 Å². The fourth-order valence-corrected chi connectivity index (χ4v) is 5.80. The number of ketones is 1. The Morgan fingerprint density at radius 3 is 2.60 bits per heavy atom. The molecule has 1 saturated carbocycles. The van der Waals surface area contributed by atoms with Crippen molar-refractivity contribution >= 4 is 22.6 Å².